The lowest BCUT2D eigenvalue weighted by Crippen LogP contribution is -2.34. The number of hydrogen-bond acceptors (Lipinski definition) is 2. The summed E-state index contributed by atoms with van der Waals surface area (Å²) in [6.45, 7) is 0.539. The number of amides is 1. The Labute approximate surface area is 89.7 Å². The molecule has 1 aromatic heterocycles. The fraction of sp³-hybridized carbons (Fsp3) is 0.333. The summed E-state index contributed by atoms with van der Waals surface area (Å²) < 4.78 is 0.892. The standard InChI is InChI=1S/C9H9BrN2O2/c10-7-4-6-2-1-3-12(9(13)14)8(6)11-5-7/h4-5H,1-3H2,(H,13,14). The Morgan fingerprint density at radius 1 is 1.64 bits per heavy atom. The number of rotatable bonds is 0. The van der Waals surface area contributed by atoms with Crippen LogP contribution in [0.15, 0.2) is 16.7 Å². The van der Waals surface area contributed by atoms with Gasteiger partial charge >= 0.3 is 6.09 Å². The van der Waals surface area contributed by atoms with E-state index in [1.54, 1.807) is 6.20 Å². The Morgan fingerprint density at radius 2 is 2.43 bits per heavy atom. The molecular weight excluding hydrogens is 248 g/mol. The third-order valence-corrected chi connectivity index (χ3v) is 2.66. The smallest absolute Gasteiger partial charge is 0.413 e. The summed E-state index contributed by atoms with van der Waals surface area (Å²) in [5.74, 6) is 0.576. The van der Waals surface area contributed by atoms with Gasteiger partial charge < -0.3 is 5.11 Å². The van der Waals surface area contributed by atoms with Crippen LogP contribution in [0.5, 0.6) is 0 Å². The fourth-order valence-electron chi connectivity index (χ4n) is 1.62. The first-order valence-electron chi connectivity index (χ1n) is 4.33. The second-order valence-electron chi connectivity index (χ2n) is 3.17. The van der Waals surface area contributed by atoms with Gasteiger partial charge in [0, 0.05) is 17.2 Å². The molecule has 2 heterocycles. The van der Waals surface area contributed by atoms with Gasteiger partial charge in [-0.25, -0.2) is 9.78 Å². The highest BCUT2D eigenvalue weighted by Crippen LogP contribution is 2.26. The molecule has 0 atom stereocenters. The van der Waals surface area contributed by atoms with E-state index in [9.17, 15) is 4.79 Å². The molecule has 0 spiro atoms. The minimum absolute atomic E-state index is 0.539. The zero-order valence-electron chi connectivity index (χ0n) is 7.40. The molecule has 14 heavy (non-hydrogen) atoms. The lowest BCUT2D eigenvalue weighted by Gasteiger charge is -2.25. The summed E-state index contributed by atoms with van der Waals surface area (Å²) in [5.41, 5.74) is 0.994. The normalized spacial score (nSPS) is 15.1. The van der Waals surface area contributed by atoms with Gasteiger partial charge in [0.1, 0.15) is 5.82 Å². The van der Waals surface area contributed by atoms with E-state index in [0.29, 0.717) is 12.4 Å². The summed E-state index contributed by atoms with van der Waals surface area (Å²) in [5, 5.41) is 8.93. The van der Waals surface area contributed by atoms with Crippen LogP contribution in [0.1, 0.15) is 12.0 Å². The summed E-state index contributed by atoms with van der Waals surface area (Å²) in [6, 6.07) is 1.93. The maximum atomic E-state index is 10.9. The van der Waals surface area contributed by atoms with Crippen LogP contribution >= 0.6 is 15.9 Å². The molecule has 0 bridgehead atoms. The Kier molecular flexibility index (Phi) is 2.41. The monoisotopic (exact) mass is 256 g/mol. The van der Waals surface area contributed by atoms with Crippen molar-refractivity contribution in [2.45, 2.75) is 12.8 Å². The molecule has 0 aliphatic carbocycles. The zero-order valence-corrected chi connectivity index (χ0v) is 8.99. The number of pyridine rings is 1. The van der Waals surface area contributed by atoms with Crippen molar-refractivity contribution in [1.29, 1.82) is 0 Å². The average molecular weight is 257 g/mol. The van der Waals surface area contributed by atoms with E-state index in [-0.39, 0.29) is 0 Å². The third-order valence-electron chi connectivity index (χ3n) is 2.22. The molecular formula is C9H9BrN2O2. The molecule has 0 saturated carbocycles. The highest BCUT2D eigenvalue weighted by molar-refractivity contribution is 9.10. The molecule has 0 fully saturated rings. The number of anilines is 1. The second-order valence-corrected chi connectivity index (χ2v) is 4.09. The average Bonchev–Trinajstić information content (AvgIpc) is 2.16. The lowest BCUT2D eigenvalue weighted by atomic mass is 10.1. The van der Waals surface area contributed by atoms with Gasteiger partial charge in [-0.2, -0.15) is 0 Å². The van der Waals surface area contributed by atoms with Crippen molar-refractivity contribution >= 4 is 27.8 Å². The molecule has 0 saturated heterocycles. The topological polar surface area (TPSA) is 53.4 Å². The molecule has 1 aromatic rings. The molecule has 1 N–H and O–H groups in total. The maximum Gasteiger partial charge on any atom is 0.413 e. The zero-order chi connectivity index (χ0) is 10.1. The largest absolute Gasteiger partial charge is 0.465 e. The van der Waals surface area contributed by atoms with Crippen LogP contribution in [0.25, 0.3) is 0 Å². The van der Waals surface area contributed by atoms with Gasteiger partial charge in [-0.3, -0.25) is 4.90 Å². The van der Waals surface area contributed by atoms with Crippen LogP contribution in [0.3, 0.4) is 0 Å². The molecule has 0 aromatic carbocycles. The van der Waals surface area contributed by atoms with Gasteiger partial charge in [0.2, 0.25) is 0 Å². The second kappa shape index (κ2) is 3.57. The van der Waals surface area contributed by atoms with Crippen LogP contribution in [0.4, 0.5) is 10.6 Å². The number of carbonyl (C=O) groups is 1. The van der Waals surface area contributed by atoms with Gasteiger partial charge in [-0.05, 0) is 40.4 Å². The van der Waals surface area contributed by atoms with E-state index in [0.717, 1.165) is 22.9 Å². The molecule has 74 valence electrons. The van der Waals surface area contributed by atoms with E-state index in [1.165, 1.54) is 4.90 Å². The summed E-state index contributed by atoms with van der Waals surface area (Å²) in [4.78, 5) is 16.3. The molecule has 1 aliphatic heterocycles. The van der Waals surface area contributed by atoms with E-state index in [2.05, 4.69) is 20.9 Å². The number of nitrogens with zero attached hydrogens (tertiary/aromatic N) is 2. The number of carboxylic acid groups (broad SMARTS) is 1. The van der Waals surface area contributed by atoms with Crippen molar-refractivity contribution in [3.63, 3.8) is 0 Å². The summed E-state index contributed by atoms with van der Waals surface area (Å²) >= 11 is 3.32. The van der Waals surface area contributed by atoms with Crippen molar-refractivity contribution in [3.8, 4) is 0 Å². The molecule has 0 unspecified atom stereocenters. The van der Waals surface area contributed by atoms with Crippen LogP contribution in [0, 0.1) is 0 Å². The van der Waals surface area contributed by atoms with Gasteiger partial charge in [-0.15, -0.1) is 0 Å². The molecule has 2 rings (SSSR count). The Balaban J connectivity index is 2.44. The third kappa shape index (κ3) is 1.59. The van der Waals surface area contributed by atoms with Crippen molar-refractivity contribution in [3.05, 3.63) is 22.3 Å². The number of aromatic nitrogens is 1. The van der Waals surface area contributed by atoms with E-state index >= 15 is 0 Å². The molecule has 4 nitrogen and oxygen atoms in total. The summed E-state index contributed by atoms with van der Waals surface area (Å²) in [6.07, 6.45) is 2.45. The maximum absolute atomic E-state index is 10.9. The van der Waals surface area contributed by atoms with Crippen LogP contribution in [-0.4, -0.2) is 22.7 Å². The number of aryl methyl sites for hydroxylation is 1. The number of fused-ring (bicyclic) bond motifs is 1. The van der Waals surface area contributed by atoms with Gasteiger partial charge in [-0.1, -0.05) is 0 Å². The minimum atomic E-state index is -0.930. The Bertz CT molecular complexity index is 381. The van der Waals surface area contributed by atoms with E-state index < -0.39 is 6.09 Å². The van der Waals surface area contributed by atoms with Gasteiger partial charge in [0.25, 0.3) is 0 Å². The quantitative estimate of drug-likeness (QED) is 0.775. The first-order valence-corrected chi connectivity index (χ1v) is 5.12. The number of hydrogen-bond donors (Lipinski definition) is 1. The van der Waals surface area contributed by atoms with Crippen LogP contribution < -0.4 is 4.90 Å². The highest BCUT2D eigenvalue weighted by atomic mass is 79.9. The number of halogens is 1. The molecule has 0 radical (unpaired) electrons. The summed E-state index contributed by atoms with van der Waals surface area (Å²) in [7, 11) is 0. The first-order chi connectivity index (χ1) is 6.68. The first kappa shape index (κ1) is 9.45. The molecule has 5 heteroatoms. The predicted molar refractivity (Wildman–Crippen MR) is 55.6 cm³/mol. The SMILES string of the molecule is O=C(O)N1CCCc2cc(Br)cnc21. The van der Waals surface area contributed by atoms with Crippen molar-refractivity contribution < 1.29 is 9.90 Å². The van der Waals surface area contributed by atoms with Crippen LogP contribution in [0.2, 0.25) is 0 Å². The van der Waals surface area contributed by atoms with Crippen molar-refractivity contribution in [2.24, 2.45) is 0 Å². The van der Waals surface area contributed by atoms with Crippen LogP contribution in [-0.2, 0) is 6.42 Å². The van der Waals surface area contributed by atoms with Gasteiger partial charge in [0.05, 0.1) is 0 Å². The van der Waals surface area contributed by atoms with Crippen molar-refractivity contribution in [2.75, 3.05) is 11.4 Å². The lowest BCUT2D eigenvalue weighted by molar-refractivity contribution is 0.201. The molecule has 1 amide bonds. The minimum Gasteiger partial charge on any atom is -0.465 e. The predicted octanol–water partition coefficient (Wildman–Crippen LogP) is 2.27. The van der Waals surface area contributed by atoms with Gasteiger partial charge in [0.15, 0.2) is 0 Å². The fourth-order valence-corrected chi connectivity index (χ4v) is 2.00. The Hall–Kier alpha value is -1.10. The Morgan fingerprint density at radius 3 is 3.14 bits per heavy atom. The van der Waals surface area contributed by atoms with E-state index in [1.807, 2.05) is 6.07 Å². The highest BCUT2D eigenvalue weighted by Gasteiger charge is 2.23. The molecule has 1 aliphatic rings. The van der Waals surface area contributed by atoms with E-state index in [4.69, 9.17) is 5.11 Å². The van der Waals surface area contributed by atoms with Crippen molar-refractivity contribution in [1.82, 2.24) is 4.98 Å².